The number of methoxy groups -OCH3 is 2. The second kappa shape index (κ2) is 8.39. The van der Waals surface area contributed by atoms with Crippen LogP contribution in [0.1, 0.15) is 31.7 Å². The molecule has 4 nitrogen and oxygen atoms in total. The number of carbonyl (C=O) groups excluding carboxylic acids is 1. The van der Waals surface area contributed by atoms with Crippen molar-refractivity contribution in [1.29, 1.82) is 0 Å². The first kappa shape index (κ1) is 17.9. The standard InChI is InChI=1S/C20H25NO3/c1-5-14(2)19(15-9-7-6-8-10-15)20(22)21-17-13-16(23-3)11-12-18(17)24-4/h6-14,19H,5H2,1-4H3,(H,21,22)/t14-,19-/m1/s1. The Bertz CT molecular complexity index is 670. The molecule has 0 unspecified atom stereocenters. The molecule has 0 spiro atoms. The lowest BCUT2D eigenvalue weighted by Crippen LogP contribution is -2.26. The monoisotopic (exact) mass is 327 g/mol. The van der Waals surface area contributed by atoms with E-state index in [2.05, 4.69) is 19.2 Å². The third-order valence-corrected chi connectivity index (χ3v) is 4.32. The molecule has 0 radical (unpaired) electrons. The quantitative estimate of drug-likeness (QED) is 0.816. The number of rotatable bonds is 7. The fraction of sp³-hybridized carbons (Fsp3) is 0.350. The summed E-state index contributed by atoms with van der Waals surface area (Å²) in [6.45, 7) is 4.19. The van der Waals surface area contributed by atoms with Crippen molar-refractivity contribution in [1.82, 2.24) is 0 Å². The smallest absolute Gasteiger partial charge is 0.232 e. The van der Waals surface area contributed by atoms with E-state index in [4.69, 9.17) is 9.47 Å². The van der Waals surface area contributed by atoms with Gasteiger partial charge >= 0.3 is 0 Å². The van der Waals surface area contributed by atoms with Gasteiger partial charge in [0.25, 0.3) is 0 Å². The van der Waals surface area contributed by atoms with Crippen LogP contribution in [-0.4, -0.2) is 20.1 Å². The van der Waals surface area contributed by atoms with Crippen LogP contribution in [0.15, 0.2) is 48.5 Å². The van der Waals surface area contributed by atoms with Crippen molar-refractivity contribution in [3.05, 3.63) is 54.1 Å². The van der Waals surface area contributed by atoms with E-state index < -0.39 is 0 Å². The van der Waals surface area contributed by atoms with Crippen molar-refractivity contribution in [3.63, 3.8) is 0 Å². The molecule has 2 aromatic rings. The van der Waals surface area contributed by atoms with Crippen LogP contribution in [0.4, 0.5) is 5.69 Å². The van der Waals surface area contributed by atoms with E-state index in [1.54, 1.807) is 32.4 Å². The van der Waals surface area contributed by atoms with Crippen LogP contribution in [0.5, 0.6) is 11.5 Å². The summed E-state index contributed by atoms with van der Waals surface area (Å²) in [5.74, 6) is 1.25. The maximum absolute atomic E-state index is 13.0. The van der Waals surface area contributed by atoms with Crippen LogP contribution in [-0.2, 0) is 4.79 Å². The molecule has 2 aromatic carbocycles. The Morgan fingerprint density at radius 1 is 1.08 bits per heavy atom. The molecule has 0 aromatic heterocycles. The fourth-order valence-corrected chi connectivity index (χ4v) is 2.76. The van der Waals surface area contributed by atoms with Crippen LogP contribution in [0.3, 0.4) is 0 Å². The molecule has 0 aliphatic heterocycles. The van der Waals surface area contributed by atoms with Crippen molar-refractivity contribution in [3.8, 4) is 11.5 Å². The Balaban J connectivity index is 2.31. The van der Waals surface area contributed by atoms with Crippen LogP contribution in [0.25, 0.3) is 0 Å². The molecule has 0 bridgehead atoms. The van der Waals surface area contributed by atoms with Crippen LogP contribution in [0.2, 0.25) is 0 Å². The zero-order valence-electron chi connectivity index (χ0n) is 14.7. The Morgan fingerprint density at radius 2 is 1.79 bits per heavy atom. The molecule has 2 rings (SSSR count). The number of hydrogen-bond donors (Lipinski definition) is 1. The van der Waals surface area contributed by atoms with Crippen LogP contribution >= 0.6 is 0 Å². The summed E-state index contributed by atoms with van der Waals surface area (Å²) in [4.78, 5) is 13.0. The maximum atomic E-state index is 13.0. The number of anilines is 1. The third kappa shape index (κ3) is 4.07. The van der Waals surface area contributed by atoms with Crippen molar-refractivity contribution in [2.75, 3.05) is 19.5 Å². The number of amides is 1. The van der Waals surface area contributed by atoms with E-state index in [1.807, 2.05) is 30.3 Å². The van der Waals surface area contributed by atoms with Gasteiger partial charge in [-0.3, -0.25) is 4.79 Å². The number of ether oxygens (including phenoxy) is 2. The predicted octanol–water partition coefficient (Wildman–Crippen LogP) is 4.47. The van der Waals surface area contributed by atoms with Gasteiger partial charge in [0.05, 0.1) is 25.8 Å². The van der Waals surface area contributed by atoms with Gasteiger partial charge in [-0.25, -0.2) is 0 Å². The van der Waals surface area contributed by atoms with E-state index in [0.717, 1.165) is 12.0 Å². The molecule has 128 valence electrons. The molecule has 0 saturated carbocycles. The average Bonchev–Trinajstić information content (AvgIpc) is 2.62. The van der Waals surface area contributed by atoms with Crippen LogP contribution < -0.4 is 14.8 Å². The van der Waals surface area contributed by atoms with Gasteiger partial charge in [-0.2, -0.15) is 0 Å². The van der Waals surface area contributed by atoms with Gasteiger partial charge in [-0.05, 0) is 23.6 Å². The maximum Gasteiger partial charge on any atom is 0.232 e. The molecule has 0 aliphatic rings. The van der Waals surface area contributed by atoms with E-state index in [9.17, 15) is 4.79 Å². The Labute approximate surface area is 143 Å². The topological polar surface area (TPSA) is 47.6 Å². The molecule has 24 heavy (non-hydrogen) atoms. The first-order chi connectivity index (χ1) is 11.6. The first-order valence-electron chi connectivity index (χ1n) is 8.18. The zero-order valence-corrected chi connectivity index (χ0v) is 14.7. The number of hydrogen-bond acceptors (Lipinski definition) is 3. The van der Waals surface area contributed by atoms with Crippen molar-refractivity contribution < 1.29 is 14.3 Å². The van der Waals surface area contributed by atoms with Gasteiger partial charge in [0, 0.05) is 6.07 Å². The highest BCUT2D eigenvalue weighted by Gasteiger charge is 2.26. The van der Waals surface area contributed by atoms with Gasteiger partial charge in [-0.15, -0.1) is 0 Å². The summed E-state index contributed by atoms with van der Waals surface area (Å²) in [7, 11) is 3.18. The fourth-order valence-electron chi connectivity index (χ4n) is 2.76. The number of carbonyl (C=O) groups is 1. The van der Waals surface area contributed by atoms with Gasteiger partial charge in [0.1, 0.15) is 11.5 Å². The highest BCUT2D eigenvalue weighted by molar-refractivity contribution is 5.97. The molecule has 0 heterocycles. The highest BCUT2D eigenvalue weighted by Crippen LogP contribution is 2.32. The molecule has 0 saturated heterocycles. The summed E-state index contributed by atoms with van der Waals surface area (Å²) in [5, 5.41) is 3.01. The molecule has 0 fully saturated rings. The van der Waals surface area contributed by atoms with Gasteiger partial charge in [-0.1, -0.05) is 50.6 Å². The first-order valence-corrected chi connectivity index (χ1v) is 8.18. The van der Waals surface area contributed by atoms with E-state index in [1.165, 1.54) is 0 Å². The molecular formula is C20H25NO3. The summed E-state index contributed by atoms with van der Waals surface area (Å²) in [5.41, 5.74) is 1.64. The molecule has 1 N–H and O–H groups in total. The molecule has 0 aliphatic carbocycles. The molecule has 1 amide bonds. The molecule has 2 atom stereocenters. The van der Waals surface area contributed by atoms with Gasteiger partial charge < -0.3 is 14.8 Å². The largest absolute Gasteiger partial charge is 0.497 e. The van der Waals surface area contributed by atoms with E-state index >= 15 is 0 Å². The number of nitrogens with one attached hydrogen (secondary N) is 1. The lowest BCUT2D eigenvalue weighted by atomic mass is 9.85. The van der Waals surface area contributed by atoms with Crippen LogP contribution in [0, 0.1) is 5.92 Å². The molecular weight excluding hydrogens is 302 g/mol. The molecule has 4 heteroatoms. The highest BCUT2D eigenvalue weighted by atomic mass is 16.5. The summed E-state index contributed by atoms with van der Waals surface area (Å²) in [6.07, 6.45) is 0.919. The Morgan fingerprint density at radius 3 is 2.38 bits per heavy atom. The van der Waals surface area contributed by atoms with Crippen molar-refractivity contribution in [2.24, 2.45) is 5.92 Å². The van der Waals surface area contributed by atoms with E-state index in [0.29, 0.717) is 17.2 Å². The summed E-state index contributed by atoms with van der Waals surface area (Å²) < 4.78 is 10.6. The minimum atomic E-state index is -0.216. The lowest BCUT2D eigenvalue weighted by molar-refractivity contribution is -0.118. The normalized spacial score (nSPS) is 13.0. The average molecular weight is 327 g/mol. The lowest BCUT2D eigenvalue weighted by Gasteiger charge is -2.23. The minimum Gasteiger partial charge on any atom is -0.497 e. The van der Waals surface area contributed by atoms with Crippen molar-refractivity contribution >= 4 is 11.6 Å². The SMILES string of the molecule is CC[C@@H](C)[C@@H](C(=O)Nc1cc(OC)ccc1OC)c1ccccc1. The second-order valence-electron chi connectivity index (χ2n) is 5.83. The Hall–Kier alpha value is -2.49. The minimum absolute atomic E-state index is 0.0397. The number of benzene rings is 2. The predicted molar refractivity (Wildman–Crippen MR) is 96.8 cm³/mol. The van der Waals surface area contributed by atoms with E-state index in [-0.39, 0.29) is 17.7 Å². The van der Waals surface area contributed by atoms with Gasteiger partial charge in [0.2, 0.25) is 5.91 Å². The zero-order chi connectivity index (χ0) is 17.5. The summed E-state index contributed by atoms with van der Waals surface area (Å²) in [6, 6.07) is 15.2. The third-order valence-electron chi connectivity index (χ3n) is 4.32. The second-order valence-corrected chi connectivity index (χ2v) is 5.83. The van der Waals surface area contributed by atoms with Crippen molar-refractivity contribution in [2.45, 2.75) is 26.2 Å². The summed E-state index contributed by atoms with van der Waals surface area (Å²) >= 11 is 0. The van der Waals surface area contributed by atoms with Gasteiger partial charge in [0.15, 0.2) is 0 Å². The Kier molecular flexibility index (Phi) is 6.24.